The molecular weight excluding hydrogens is 254 g/mol. The summed E-state index contributed by atoms with van der Waals surface area (Å²) in [5.74, 6) is 0.228. The fraction of sp³-hybridized carbons (Fsp3) is 0.467. The van der Waals surface area contributed by atoms with Crippen LogP contribution >= 0.6 is 0 Å². The van der Waals surface area contributed by atoms with Gasteiger partial charge < -0.3 is 5.73 Å². The Morgan fingerprint density at radius 3 is 2.10 bits per heavy atom. The molecule has 0 bridgehead atoms. The summed E-state index contributed by atoms with van der Waals surface area (Å²) in [7, 11) is 0. The molecule has 0 aliphatic carbocycles. The maximum absolute atomic E-state index is 12.3. The number of fused-ring (bicyclic) bond motifs is 1. The SMILES string of the molecule is NCC1CCN(CN2C(=O)c3ccccc3C2=O)CC1. The van der Waals surface area contributed by atoms with Crippen LogP contribution in [0.4, 0.5) is 0 Å². The highest BCUT2D eigenvalue weighted by Crippen LogP contribution is 2.24. The van der Waals surface area contributed by atoms with Crippen LogP contribution in [0.15, 0.2) is 24.3 Å². The number of nitrogens with zero attached hydrogens (tertiary/aromatic N) is 2. The topological polar surface area (TPSA) is 66.6 Å². The van der Waals surface area contributed by atoms with Gasteiger partial charge in [0, 0.05) is 13.1 Å². The summed E-state index contributed by atoms with van der Waals surface area (Å²) in [6, 6.07) is 7.02. The Bertz CT molecular complexity index is 501. The van der Waals surface area contributed by atoms with Crippen molar-refractivity contribution in [3.63, 3.8) is 0 Å². The smallest absolute Gasteiger partial charge is 0.262 e. The molecule has 5 heteroatoms. The van der Waals surface area contributed by atoms with Gasteiger partial charge in [0.2, 0.25) is 0 Å². The van der Waals surface area contributed by atoms with E-state index in [0.717, 1.165) is 32.5 Å². The van der Waals surface area contributed by atoms with Crippen LogP contribution < -0.4 is 5.73 Å². The summed E-state index contributed by atoms with van der Waals surface area (Å²) in [6.45, 7) is 2.91. The molecule has 2 heterocycles. The van der Waals surface area contributed by atoms with Gasteiger partial charge in [-0.05, 0) is 37.4 Å². The number of piperidine rings is 1. The number of imide groups is 1. The summed E-state index contributed by atoms with van der Waals surface area (Å²) >= 11 is 0. The van der Waals surface area contributed by atoms with E-state index in [1.807, 2.05) is 0 Å². The number of rotatable bonds is 3. The van der Waals surface area contributed by atoms with Gasteiger partial charge in [-0.1, -0.05) is 12.1 Å². The van der Waals surface area contributed by atoms with Gasteiger partial charge in [-0.3, -0.25) is 19.4 Å². The molecule has 1 saturated heterocycles. The van der Waals surface area contributed by atoms with Crippen molar-refractivity contribution in [3.8, 4) is 0 Å². The molecule has 0 radical (unpaired) electrons. The quantitative estimate of drug-likeness (QED) is 0.831. The van der Waals surface area contributed by atoms with E-state index in [4.69, 9.17) is 5.73 Å². The second-order valence-corrected chi connectivity index (χ2v) is 5.52. The van der Waals surface area contributed by atoms with Gasteiger partial charge in [0.25, 0.3) is 11.8 Å². The predicted octanol–water partition coefficient (Wildman–Crippen LogP) is 0.911. The van der Waals surface area contributed by atoms with Crippen molar-refractivity contribution in [2.45, 2.75) is 12.8 Å². The van der Waals surface area contributed by atoms with E-state index in [0.29, 0.717) is 23.7 Å². The molecule has 2 amide bonds. The average Bonchev–Trinajstić information content (AvgIpc) is 2.74. The molecule has 2 aliphatic heterocycles. The second kappa shape index (κ2) is 5.34. The lowest BCUT2D eigenvalue weighted by Gasteiger charge is -2.33. The Balaban J connectivity index is 1.68. The third-order valence-electron chi connectivity index (χ3n) is 4.26. The third-order valence-corrected chi connectivity index (χ3v) is 4.26. The van der Waals surface area contributed by atoms with Crippen LogP contribution in [-0.4, -0.2) is 47.9 Å². The molecule has 5 nitrogen and oxygen atoms in total. The van der Waals surface area contributed by atoms with E-state index in [9.17, 15) is 9.59 Å². The Morgan fingerprint density at radius 2 is 1.60 bits per heavy atom. The minimum atomic E-state index is -0.174. The first-order valence-corrected chi connectivity index (χ1v) is 7.08. The molecule has 2 N–H and O–H groups in total. The minimum absolute atomic E-state index is 0.174. The molecule has 1 aromatic rings. The zero-order valence-corrected chi connectivity index (χ0v) is 11.4. The summed E-state index contributed by atoms with van der Waals surface area (Å²) in [5, 5.41) is 0. The van der Waals surface area contributed by atoms with Crippen molar-refractivity contribution in [2.75, 3.05) is 26.3 Å². The van der Waals surface area contributed by atoms with Crippen molar-refractivity contribution in [1.29, 1.82) is 0 Å². The molecule has 20 heavy (non-hydrogen) atoms. The zero-order valence-electron chi connectivity index (χ0n) is 11.4. The molecule has 0 saturated carbocycles. The fourth-order valence-electron chi connectivity index (χ4n) is 2.93. The van der Waals surface area contributed by atoms with E-state index in [-0.39, 0.29) is 11.8 Å². The van der Waals surface area contributed by atoms with Crippen LogP contribution in [-0.2, 0) is 0 Å². The van der Waals surface area contributed by atoms with Crippen molar-refractivity contribution < 1.29 is 9.59 Å². The number of carbonyl (C=O) groups is 2. The molecular formula is C15H19N3O2. The Labute approximate surface area is 118 Å². The third kappa shape index (κ3) is 2.23. The summed E-state index contributed by atoms with van der Waals surface area (Å²) in [5.41, 5.74) is 6.72. The Hall–Kier alpha value is -1.72. The standard InChI is InChI=1S/C15H19N3O2/c16-9-11-5-7-17(8-6-11)10-18-14(19)12-3-1-2-4-13(12)15(18)20/h1-4,11H,5-10,16H2. The van der Waals surface area contributed by atoms with E-state index in [2.05, 4.69) is 4.90 Å². The first-order valence-electron chi connectivity index (χ1n) is 7.08. The predicted molar refractivity (Wildman–Crippen MR) is 75.2 cm³/mol. The normalized spacial score (nSPS) is 20.6. The van der Waals surface area contributed by atoms with Gasteiger partial charge in [-0.2, -0.15) is 0 Å². The number of nitrogens with two attached hydrogens (primary N) is 1. The number of likely N-dealkylation sites (tertiary alicyclic amines) is 1. The number of amides is 2. The number of benzene rings is 1. The van der Waals surface area contributed by atoms with Crippen molar-refractivity contribution in [1.82, 2.24) is 9.80 Å². The monoisotopic (exact) mass is 273 g/mol. The van der Waals surface area contributed by atoms with Crippen LogP contribution in [0.2, 0.25) is 0 Å². The summed E-state index contributed by atoms with van der Waals surface area (Å²) in [4.78, 5) is 28.0. The Kier molecular flexibility index (Phi) is 3.54. The van der Waals surface area contributed by atoms with Gasteiger partial charge in [0.15, 0.2) is 0 Å². The number of carbonyl (C=O) groups excluding carboxylic acids is 2. The lowest BCUT2D eigenvalue weighted by molar-refractivity contribution is 0.0497. The van der Waals surface area contributed by atoms with Crippen LogP contribution in [0, 0.1) is 5.92 Å². The van der Waals surface area contributed by atoms with Gasteiger partial charge in [-0.25, -0.2) is 0 Å². The van der Waals surface area contributed by atoms with Crippen LogP contribution in [0.1, 0.15) is 33.6 Å². The average molecular weight is 273 g/mol. The summed E-state index contributed by atoms with van der Waals surface area (Å²) < 4.78 is 0. The van der Waals surface area contributed by atoms with Gasteiger partial charge in [0.05, 0.1) is 17.8 Å². The molecule has 2 aliphatic rings. The molecule has 0 spiro atoms. The van der Waals surface area contributed by atoms with E-state index in [1.54, 1.807) is 24.3 Å². The van der Waals surface area contributed by atoms with Gasteiger partial charge >= 0.3 is 0 Å². The summed E-state index contributed by atoms with van der Waals surface area (Å²) in [6.07, 6.45) is 2.08. The molecule has 1 aromatic carbocycles. The highest BCUT2D eigenvalue weighted by atomic mass is 16.2. The zero-order chi connectivity index (χ0) is 14.1. The Morgan fingerprint density at radius 1 is 1.05 bits per heavy atom. The van der Waals surface area contributed by atoms with Crippen LogP contribution in [0.5, 0.6) is 0 Å². The first kappa shape index (κ1) is 13.3. The second-order valence-electron chi connectivity index (χ2n) is 5.52. The van der Waals surface area contributed by atoms with E-state index >= 15 is 0 Å². The number of hydrogen-bond donors (Lipinski definition) is 1. The molecule has 106 valence electrons. The van der Waals surface area contributed by atoms with E-state index in [1.165, 1.54) is 4.90 Å². The van der Waals surface area contributed by atoms with Crippen molar-refractivity contribution >= 4 is 11.8 Å². The van der Waals surface area contributed by atoms with Crippen LogP contribution in [0.25, 0.3) is 0 Å². The lowest BCUT2D eigenvalue weighted by Crippen LogP contribution is -2.45. The van der Waals surface area contributed by atoms with Crippen molar-refractivity contribution in [3.05, 3.63) is 35.4 Å². The number of hydrogen-bond acceptors (Lipinski definition) is 4. The maximum atomic E-state index is 12.3. The van der Waals surface area contributed by atoms with Crippen molar-refractivity contribution in [2.24, 2.45) is 11.7 Å². The van der Waals surface area contributed by atoms with Gasteiger partial charge in [0.1, 0.15) is 0 Å². The van der Waals surface area contributed by atoms with Crippen LogP contribution in [0.3, 0.4) is 0 Å². The minimum Gasteiger partial charge on any atom is -0.330 e. The molecule has 1 fully saturated rings. The molecule has 0 atom stereocenters. The fourth-order valence-corrected chi connectivity index (χ4v) is 2.93. The molecule has 3 rings (SSSR count). The molecule has 0 unspecified atom stereocenters. The molecule has 0 aromatic heterocycles. The highest BCUT2D eigenvalue weighted by molar-refractivity contribution is 6.21. The largest absolute Gasteiger partial charge is 0.330 e. The van der Waals surface area contributed by atoms with Gasteiger partial charge in [-0.15, -0.1) is 0 Å². The highest BCUT2D eigenvalue weighted by Gasteiger charge is 2.36. The van der Waals surface area contributed by atoms with E-state index < -0.39 is 0 Å². The first-order chi connectivity index (χ1) is 9.70. The lowest BCUT2D eigenvalue weighted by atomic mass is 9.97. The maximum Gasteiger partial charge on any atom is 0.262 e.